The van der Waals surface area contributed by atoms with Crippen LogP contribution in [-0.4, -0.2) is 31.5 Å². The van der Waals surface area contributed by atoms with Crippen LogP contribution in [0.3, 0.4) is 0 Å². The zero-order valence-electron chi connectivity index (χ0n) is 9.94. The number of halogens is 5. The molecule has 19 heavy (non-hydrogen) atoms. The fraction of sp³-hybridized carbons (Fsp3) is 0.455. The molecule has 1 rings (SSSR count). The van der Waals surface area contributed by atoms with E-state index in [4.69, 9.17) is 0 Å². The fourth-order valence-corrected chi connectivity index (χ4v) is 1.40. The topological polar surface area (TPSA) is 41.5 Å². The molecule has 1 unspecified atom stereocenters. The molecule has 0 aliphatic carbocycles. The van der Waals surface area contributed by atoms with Gasteiger partial charge in [0.2, 0.25) is 5.82 Å². The zero-order chi connectivity index (χ0) is 14.6. The summed E-state index contributed by atoms with van der Waals surface area (Å²) in [5.74, 6) is -10.1. The predicted octanol–water partition coefficient (Wildman–Crippen LogP) is 2.19. The lowest BCUT2D eigenvalue weighted by Gasteiger charge is -2.13. The molecular weight excluding hydrogens is 273 g/mol. The van der Waals surface area contributed by atoms with Crippen LogP contribution in [-0.2, 0) is 4.74 Å². The monoisotopic (exact) mass is 285 g/mol. The van der Waals surface area contributed by atoms with Crippen molar-refractivity contribution >= 4 is 5.69 Å². The van der Waals surface area contributed by atoms with Gasteiger partial charge in [0.25, 0.3) is 0 Å². The Morgan fingerprint density at radius 1 is 1.00 bits per heavy atom. The summed E-state index contributed by atoms with van der Waals surface area (Å²) in [7, 11) is 1.35. The highest BCUT2D eigenvalue weighted by molar-refractivity contribution is 5.47. The number of methoxy groups -OCH3 is 1. The quantitative estimate of drug-likeness (QED) is 0.478. The molecule has 8 heteroatoms. The van der Waals surface area contributed by atoms with Gasteiger partial charge < -0.3 is 15.2 Å². The summed E-state index contributed by atoms with van der Waals surface area (Å²) in [5, 5.41) is 11.3. The van der Waals surface area contributed by atoms with Gasteiger partial charge in [-0.1, -0.05) is 0 Å². The third-order valence-electron chi connectivity index (χ3n) is 2.35. The predicted molar refractivity (Wildman–Crippen MR) is 57.2 cm³/mol. The molecule has 0 heterocycles. The van der Waals surface area contributed by atoms with Gasteiger partial charge in [0.15, 0.2) is 23.3 Å². The van der Waals surface area contributed by atoms with Crippen LogP contribution in [0.25, 0.3) is 0 Å². The first-order valence-electron chi connectivity index (χ1n) is 5.32. The molecular formula is C11H12F5NO2. The number of nitrogens with one attached hydrogen (secondary N) is 1. The number of aliphatic hydroxyl groups excluding tert-OH is 1. The van der Waals surface area contributed by atoms with E-state index in [1.165, 1.54) is 7.11 Å². The number of hydrogen-bond acceptors (Lipinski definition) is 3. The van der Waals surface area contributed by atoms with Crippen molar-refractivity contribution in [3.8, 4) is 0 Å². The van der Waals surface area contributed by atoms with Crippen molar-refractivity contribution in [1.82, 2.24) is 0 Å². The summed E-state index contributed by atoms with van der Waals surface area (Å²) >= 11 is 0. The summed E-state index contributed by atoms with van der Waals surface area (Å²) in [6.07, 6.45) is -0.883. The number of ether oxygens (including phenoxy) is 1. The third-order valence-corrected chi connectivity index (χ3v) is 2.35. The smallest absolute Gasteiger partial charge is 0.200 e. The summed E-state index contributed by atoms with van der Waals surface area (Å²) in [6, 6.07) is 0. The van der Waals surface area contributed by atoms with Gasteiger partial charge in [-0.05, 0) is 6.42 Å². The van der Waals surface area contributed by atoms with Crippen molar-refractivity contribution in [1.29, 1.82) is 0 Å². The number of anilines is 1. The molecule has 1 aromatic rings. The summed E-state index contributed by atoms with van der Waals surface area (Å²) in [5.41, 5.74) is -1.11. The summed E-state index contributed by atoms with van der Waals surface area (Å²) < 4.78 is 69.4. The van der Waals surface area contributed by atoms with Gasteiger partial charge in [-0.25, -0.2) is 22.0 Å². The van der Waals surface area contributed by atoms with Gasteiger partial charge in [0, 0.05) is 13.7 Å². The minimum absolute atomic E-state index is 0.00121. The lowest BCUT2D eigenvalue weighted by atomic mass is 10.2. The Hall–Kier alpha value is -1.41. The molecule has 0 fully saturated rings. The van der Waals surface area contributed by atoms with E-state index in [1.54, 1.807) is 0 Å². The van der Waals surface area contributed by atoms with E-state index in [-0.39, 0.29) is 19.6 Å². The van der Waals surface area contributed by atoms with E-state index in [0.717, 1.165) is 0 Å². The normalized spacial score (nSPS) is 12.6. The summed E-state index contributed by atoms with van der Waals surface area (Å²) in [6.45, 7) is -0.179. The van der Waals surface area contributed by atoms with E-state index in [2.05, 4.69) is 10.1 Å². The minimum Gasteiger partial charge on any atom is -0.391 e. The maximum atomic E-state index is 13.2. The first kappa shape index (κ1) is 15.6. The maximum absolute atomic E-state index is 13.2. The highest BCUT2D eigenvalue weighted by atomic mass is 19.2. The Labute approximate surface area is 106 Å². The van der Waals surface area contributed by atoms with E-state index >= 15 is 0 Å². The van der Waals surface area contributed by atoms with Gasteiger partial charge in [-0.3, -0.25) is 0 Å². The van der Waals surface area contributed by atoms with E-state index < -0.39 is 40.9 Å². The van der Waals surface area contributed by atoms with Crippen LogP contribution in [0.15, 0.2) is 0 Å². The Morgan fingerprint density at radius 2 is 1.47 bits per heavy atom. The van der Waals surface area contributed by atoms with E-state index in [9.17, 15) is 27.1 Å². The molecule has 0 aliphatic rings. The van der Waals surface area contributed by atoms with Gasteiger partial charge in [-0.15, -0.1) is 0 Å². The molecule has 0 aliphatic heterocycles. The van der Waals surface area contributed by atoms with Crippen molar-refractivity contribution in [3.05, 3.63) is 29.1 Å². The molecule has 0 spiro atoms. The van der Waals surface area contributed by atoms with Crippen LogP contribution in [0.4, 0.5) is 27.6 Å². The molecule has 0 amide bonds. The van der Waals surface area contributed by atoms with Gasteiger partial charge in [0.05, 0.1) is 12.7 Å². The van der Waals surface area contributed by atoms with Crippen LogP contribution >= 0.6 is 0 Å². The van der Waals surface area contributed by atoms with Crippen LogP contribution < -0.4 is 5.32 Å². The third kappa shape index (κ3) is 3.54. The van der Waals surface area contributed by atoms with E-state index in [1.807, 2.05) is 0 Å². The average Bonchev–Trinajstić information content (AvgIpc) is 2.38. The number of hydrogen-bond donors (Lipinski definition) is 2. The number of aliphatic hydroxyl groups is 1. The second-order valence-electron chi connectivity index (χ2n) is 3.77. The lowest BCUT2D eigenvalue weighted by Crippen LogP contribution is -2.19. The molecule has 2 N–H and O–H groups in total. The van der Waals surface area contributed by atoms with E-state index in [0.29, 0.717) is 0 Å². The van der Waals surface area contributed by atoms with Crippen molar-refractivity contribution in [2.24, 2.45) is 0 Å². The lowest BCUT2D eigenvalue weighted by molar-refractivity contribution is 0.0615. The first-order valence-corrected chi connectivity index (χ1v) is 5.32. The van der Waals surface area contributed by atoms with Gasteiger partial charge in [-0.2, -0.15) is 0 Å². The Morgan fingerprint density at radius 3 is 1.95 bits per heavy atom. The molecule has 108 valence electrons. The van der Waals surface area contributed by atoms with Crippen molar-refractivity contribution < 1.29 is 31.8 Å². The SMILES string of the molecule is COCC(O)CCNc1c(F)c(F)c(F)c(F)c1F. The molecule has 3 nitrogen and oxygen atoms in total. The second kappa shape index (κ2) is 6.67. The molecule has 0 radical (unpaired) electrons. The van der Waals surface area contributed by atoms with Crippen molar-refractivity contribution in [2.45, 2.75) is 12.5 Å². The minimum atomic E-state index is -2.21. The number of rotatable bonds is 6. The second-order valence-corrected chi connectivity index (χ2v) is 3.77. The molecule has 1 atom stereocenters. The molecule has 0 bridgehead atoms. The largest absolute Gasteiger partial charge is 0.391 e. The Kier molecular flexibility index (Phi) is 5.49. The highest BCUT2D eigenvalue weighted by Crippen LogP contribution is 2.26. The Balaban J connectivity index is 2.79. The van der Waals surface area contributed by atoms with Crippen molar-refractivity contribution in [2.75, 3.05) is 25.6 Å². The standard InChI is InChI=1S/C11H12F5NO2/c1-19-4-5(18)2-3-17-11-9(15)7(13)6(12)8(14)10(11)16/h5,17-18H,2-4H2,1H3. The van der Waals surface area contributed by atoms with Crippen LogP contribution in [0.5, 0.6) is 0 Å². The zero-order valence-corrected chi connectivity index (χ0v) is 9.94. The number of benzene rings is 1. The molecule has 0 saturated carbocycles. The van der Waals surface area contributed by atoms with Gasteiger partial charge >= 0.3 is 0 Å². The first-order chi connectivity index (χ1) is 8.90. The molecule has 0 saturated heterocycles. The molecule has 0 aromatic heterocycles. The summed E-state index contributed by atoms with van der Waals surface area (Å²) in [4.78, 5) is 0. The van der Waals surface area contributed by atoms with Crippen LogP contribution in [0.2, 0.25) is 0 Å². The van der Waals surface area contributed by atoms with Crippen molar-refractivity contribution in [3.63, 3.8) is 0 Å². The molecule has 1 aromatic carbocycles. The van der Waals surface area contributed by atoms with Crippen LogP contribution in [0.1, 0.15) is 6.42 Å². The highest BCUT2D eigenvalue weighted by Gasteiger charge is 2.25. The average molecular weight is 285 g/mol. The maximum Gasteiger partial charge on any atom is 0.200 e. The van der Waals surface area contributed by atoms with Crippen LogP contribution in [0, 0.1) is 29.1 Å². The Bertz CT molecular complexity index is 426. The fourth-order valence-electron chi connectivity index (χ4n) is 1.40. The van der Waals surface area contributed by atoms with Gasteiger partial charge in [0.1, 0.15) is 5.69 Å².